The van der Waals surface area contributed by atoms with Crippen molar-refractivity contribution in [1.82, 2.24) is 9.78 Å². The van der Waals surface area contributed by atoms with E-state index in [2.05, 4.69) is 30.3 Å². The standard InChI is InChI=1S/C33H38N3OS/c1-10-12-17-30-32(29(34-9)14-11-2)33(35-36(30)24(5)6)28-16-13-15-27(22-28)31(37)21-25(7)20-26(8)38-19-18-23(3)4/h9-16,20,22,24H,1,3,8,18-19,21H2,2,4-7H3/q+1. The van der Waals surface area contributed by atoms with Crippen LogP contribution in [0.4, 0.5) is 0 Å². The van der Waals surface area contributed by atoms with E-state index in [1.54, 1.807) is 23.9 Å². The minimum atomic E-state index is 0.0321. The molecule has 0 bridgehead atoms. The van der Waals surface area contributed by atoms with E-state index in [4.69, 9.17) is 11.7 Å². The van der Waals surface area contributed by atoms with Crippen LogP contribution >= 0.6 is 11.8 Å². The van der Waals surface area contributed by atoms with Gasteiger partial charge in [0, 0.05) is 35.4 Å². The van der Waals surface area contributed by atoms with E-state index in [0.29, 0.717) is 23.4 Å². The number of ketones is 1. The van der Waals surface area contributed by atoms with Crippen molar-refractivity contribution in [2.75, 3.05) is 5.75 Å². The monoisotopic (exact) mass is 524 g/mol. The molecule has 0 N–H and O–H groups in total. The van der Waals surface area contributed by atoms with E-state index in [-0.39, 0.29) is 11.8 Å². The average molecular weight is 525 g/mol. The predicted molar refractivity (Wildman–Crippen MR) is 166 cm³/mol. The topological polar surface area (TPSA) is 39.2 Å². The maximum atomic E-state index is 13.2. The molecule has 0 saturated carbocycles. The minimum absolute atomic E-state index is 0.0321. The second kappa shape index (κ2) is 14.8. The van der Waals surface area contributed by atoms with Crippen molar-refractivity contribution in [3.63, 3.8) is 0 Å². The van der Waals surface area contributed by atoms with Gasteiger partial charge in [0.05, 0.1) is 0 Å². The van der Waals surface area contributed by atoms with Crippen LogP contribution in [0.25, 0.3) is 27.5 Å². The molecule has 38 heavy (non-hydrogen) atoms. The van der Waals surface area contributed by atoms with Crippen LogP contribution in [0, 0.1) is 6.57 Å². The number of nitrogens with zero attached hydrogens (tertiary/aromatic N) is 3. The van der Waals surface area contributed by atoms with E-state index < -0.39 is 0 Å². The van der Waals surface area contributed by atoms with Crippen LogP contribution in [-0.2, 0) is 0 Å². The molecular weight excluding hydrogens is 486 g/mol. The molecule has 0 unspecified atom stereocenters. The lowest BCUT2D eigenvalue weighted by Gasteiger charge is -2.06. The summed E-state index contributed by atoms with van der Waals surface area (Å²) in [5.74, 6) is 0.965. The zero-order valence-corrected chi connectivity index (χ0v) is 24.1. The molecule has 0 aliphatic rings. The van der Waals surface area contributed by atoms with Crippen molar-refractivity contribution < 1.29 is 4.79 Å². The van der Waals surface area contributed by atoms with Gasteiger partial charge in [0.1, 0.15) is 16.3 Å². The Kier molecular flexibility index (Phi) is 11.8. The predicted octanol–water partition coefficient (Wildman–Crippen LogP) is 7.63. The third-order valence-electron chi connectivity index (χ3n) is 5.58. The van der Waals surface area contributed by atoms with Crippen molar-refractivity contribution >= 4 is 29.0 Å². The van der Waals surface area contributed by atoms with Crippen LogP contribution in [0.5, 0.6) is 0 Å². The number of allylic oxidation sites excluding steroid dienone is 6. The molecule has 0 radical (unpaired) electrons. The van der Waals surface area contributed by atoms with Gasteiger partial charge in [-0.3, -0.25) is 9.48 Å². The van der Waals surface area contributed by atoms with Crippen molar-refractivity contribution in [2.24, 2.45) is 0 Å². The molecule has 2 aromatic rings. The maximum absolute atomic E-state index is 13.2. The first-order valence-corrected chi connectivity index (χ1v) is 13.6. The van der Waals surface area contributed by atoms with Gasteiger partial charge in [0.2, 0.25) is 0 Å². The van der Waals surface area contributed by atoms with Gasteiger partial charge in [-0.05, 0) is 69.0 Å². The third kappa shape index (κ3) is 8.35. The number of thioether (sulfide) groups is 1. The van der Waals surface area contributed by atoms with Gasteiger partial charge in [-0.2, -0.15) is 5.10 Å². The molecule has 1 heterocycles. The van der Waals surface area contributed by atoms with Crippen molar-refractivity contribution in [3.8, 4) is 17.8 Å². The van der Waals surface area contributed by atoms with E-state index in [9.17, 15) is 4.79 Å². The molecule has 0 aliphatic heterocycles. The van der Waals surface area contributed by atoms with Crippen molar-refractivity contribution in [3.05, 3.63) is 111 Å². The van der Waals surface area contributed by atoms with E-state index >= 15 is 0 Å². The first kappa shape index (κ1) is 30.4. The highest BCUT2D eigenvalue weighted by Crippen LogP contribution is 2.22. The van der Waals surface area contributed by atoms with E-state index in [1.807, 2.05) is 81.8 Å². The summed E-state index contributed by atoms with van der Waals surface area (Å²) in [7, 11) is 0. The molecular formula is C33H38N3OS+. The summed E-state index contributed by atoms with van der Waals surface area (Å²) in [5, 5.41) is 6.41. The highest BCUT2D eigenvalue weighted by Gasteiger charge is 2.19. The Morgan fingerprint density at radius 3 is 2.63 bits per heavy atom. The lowest BCUT2D eigenvalue weighted by molar-refractivity contribution is 0.0993. The molecule has 1 aromatic heterocycles. The van der Waals surface area contributed by atoms with Gasteiger partial charge in [0.25, 0.3) is 6.57 Å². The molecule has 0 fully saturated rings. The molecule has 5 heteroatoms. The van der Waals surface area contributed by atoms with Gasteiger partial charge in [-0.25, -0.2) is 0 Å². The number of aromatic nitrogens is 2. The summed E-state index contributed by atoms with van der Waals surface area (Å²) in [6.45, 7) is 27.6. The Balaban J connectivity index is 2.56. The molecule has 0 amide bonds. The van der Waals surface area contributed by atoms with Gasteiger partial charge in [0.15, 0.2) is 5.78 Å². The van der Waals surface area contributed by atoms with Gasteiger partial charge in [-0.1, -0.05) is 60.4 Å². The lowest BCUT2D eigenvalue weighted by Crippen LogP contribution is -2.31. The Hall–Kier alpha value is -3.84. The van der Waals surface area contributed by atoms with Crippen LogP contribution in [0.2, 0.25) is 0 Å². The summed E-state index contributed by atoms with van der Waals surface area (Å²) >= 11 is 1.68. The summed E-state index contributed by atoms with van der Waals surface area (Å²) < 4.78 is 1.89. The second-order valence-electron chi connectivity index (χ2n) is 9.36. The van der Waals surface area contributed by atoms with Crippen molar-refractivity contribution in [1.29, 1.82) is 0 Å². The quantitative estimate of drug-likeness (QED) is 0.163. The fourth-order valence-electron chi connectivity index (χ4n) is 3.80. The first-order valence-electron chi connectivity index (χ1n) is 12.6. The average Bonchev–Trinajstić information content (AvgIpc) is 3.25. The highest BCUT2D eigenvalue weighted by molar-refractivity contribution is 8.03. The van der Waals surface area contributed by atoms with E-state index in [0.717, 1.165) is 44.4 Å². The molecule has 0 saturated heterocycles. The van der Waals surface area contributed by atoms with Crippen LogP contribution in [0.15, 0.2) is 90.4 Å². The Bertz CT molecular complexity index is 1490. The number of carbonyl (C=O) groups excluding carboxylic acids is 1. The summed E-state index contributed by atoms with van der Waals surface area (Å²) in [6, 6.07) is 7.60. The van der Waals surface area contributed by atoms with E-state index in [1.165, 1.54) is 0 Å². The first-order chi connectivity index (χ1) is 18.1. The fourth-order valence-corrected chi connectivity index (χ4v) is 4.79. The third-order valence-corrected chi connectivity index (χ3v) is 6.48. The maximum Gasteiger partial charge on any atom is 0.351 e. The Morgan fingerprint density at radius 1 is 1.29 bits per heavy atom. The number of rotatable bonds is 12. The fraction of sp³-hybridized carbons (Fsp3) is 0.273. The zero-order valence-electron chi connectivity index (χ0n) is 23.3. The number of carbonyl (C=O) groups is 1. The Morgan fingerprint density at radius 2 is 2.03 bits per heavy atom. The molecule has 196 valence electrons. The summed E-state index contributed by atoms with van der Waals surface area (Å²) in [6.07, 6.45) is 10.4. The van der Waals surface area contributed by atoms with Gasteiger partial charge >= 0.3 is 5.70 Å². The van der Waals surface area contributed by atoms with Crippen LogP contribution in [0.1, 0.15) is 63.9 Å². The molecule has 0 atom stereocenters. The highest BCUT2D eigenvalue weighted by atomic mass is 32.2. The van der Waals surface area contributed by atoms with Gasteiger partial charge < -0.3 is 0 Å². The minimum Gasteiger partial charge on any atom is -0.294 e. The largest absolute Gasteiger partial charge is 0.351 e. The molecule has 0 aliphatic carbocycles. The molecule has 0 spiro atoms. The smallest absolute Gasteiger partial charge is 0.294 e. The van der Waals surface area contributed by atoms with Crippen LogP contribution < -0.4 is 10.6 Å². The molecule has 4 nitrogen and oxygen atoms in total. The lowest BCUT2D eigenvalue weighted by atomic mass is 10.00. The van der Waals surface area contributed by atoms with Crippen molar-refractivity contribution in [2.45, 2.75) is 53.5 Å². The summed E-state index contributed by atoms with van der Waals surface area (Å²) in [5.41, 5.74) is 8.08. The van der Waals surface area contributed by atoms with Gasteiger partial charge in [-0.15, -0.1) is 18.3 Å². The van der Waals surface area contributed by atoms with Crippen LogP contribution in [-0.4, -0.2) is 21.3 Å². The SMILES string of the molecule is C#[N+]C(C=CC)=c1c(-c2cccc(C(=O)CC(C)=CC(=C)SCCC(=C)C)c2)nn(C(C)C)c1=C=CC=C. The zero-order chi connectivity index (χ0) is 28.2. The Labute approximate surface area is 231 Å². The van der Waals surface area contributed by atoms with Crippen LogP contribution in [0.3, 0.4) is 0 Å². The molecule has 2 rings (SSSR count). The number of hydrogen-bond acceptors (Lipinski definition) is 3. The molecule has 1 aromatic carbocycles. The normalized spacial score (nSPS) is 12.2. The number of hydrogen-bond donors (Lipinski definition) is 0. The summed E-state index contributed by atoms with van der Waals surface area (Å²) in [4.78, 5) is 18.2. The number of Topliss-reactive ketones (excluding diaryl/α,β-unsaturated/α-hetero) is 1. The second-order valence-corrected chi connectivity index (χ2v) is 10.6. The number of benzene rings is 1.